The van der Waals surface area contributed by atoms with E-state index in [1.165, 1.54) is 5.56 Å². The molecule has 0 bridgehead atoms. The zero-order valence-corrected chi connectivity index (χ0v) is 13.7. The van der Waals surface area contributed by atoms with Gasteiger partial charge in [-0.3, -0.25) is 9.69 Å². The van der Waals surface area contributed by atoms with Gasteiger partial charge in [-0.15, -0.1) is 11.8 Å². The standard InChI is InChI=1S/C17H14N2OS2/c1-11-6-8-12(9-7-11)16-19(15(20)10-21-16)17-18-13-4-2-3-5-14(13)22-17/h2-9,16H,10H2,1H3/t16-/m1/s1. The number of thiazole rings is 1. The van der Waals surface area contributed by atoms with Gasteiger partial charge in [0, 0.05) is 0 Å². The molecule has 3 aromatic rings. The van der Waals surface area contributed by atoms with Crippen LogP contribution in [-0.2, 0) is 4.79 Å². The van der Waals surface area contributed by atoms with Gasteiger partial charge in [0.25, 0.3) is 0 Å². The van der Waals surface area contributed by atoms with Crippen LogP contribution in [0.1, 0.15) is 16.5 Å². The molecule has 5 heteroatoms. The lowest BCUT2D eigenvalue weighted by atomic mass is 10.1. The molecule has 110 valence electrons. The van der Waals surface area contributed by atoms with Gasteiger partial charge in [0.05, 0.1) is 16.0 Å². The number of hydrogen-bond acceptors (Lipinski definition) is 4. The largest absolute Gasteiger partial charge is 0.273 e. The van der Waals surface area contributed by atoms with Crippen molar-refractivity contribution in [3.8, 4) is 0 Å². The fraction of sp³-hybridized carbons (Fsp3) is 0.176. The summed E-state index contributed by atoms with van der Waals surface area (Å²) in [5, 5.41) is 0.815. The third-order valence-electron chi connectivity index (χ3n) is 3.72. The highest BCUT2D eigenvalue weighted by Crippen LogP contribution is 2.43. The number of nitrogens with zero attached hydrogens (tertiary/aromatic N) is 2. The van der Waals surface area contributed by atoms with Crippen molar-refractivity contribution < 1.29 is 4.79 Å². The molecule has 1 atom stereocenters. The predicted octanol–water partition coefficient (Wildman–Crippen LogP) is 4.38. The number of carbonyl (C=O) groups excluding carboxylic acids is 1. The van der Waals surface area contributed by atoms with Crippen molar-refractivity contribution in [2.24, 2.45) is 0 Å². The van der Waals surface area contributed by atoms with Crippen molar-refractivity contribution in [3.63, 3.8) is 0 Å². The van der Waals surface area contributed by atoms with Crippen LogP contribution in [-0.4, -0.2) is 16.6 Å². The van der Waals surface area contributed by atoms with E-state index in [0.717, 1.165) is 20.9 Å². The summed E-state index contributed by atoms with van der Waals surface area (Å²) >= 11 is 3.25. The van der Waals surface area contributed by atoms with Crippen molar-refractivity contribution in [2.45, 2.75) is 12.3 Å². The first-order valence-corrected chi connectivity index (χ1v) is 8.95. The minimum atomic E-state index is 0.0219. The Hall–Kier alpha value is -1.85. The summed E-state index contributed by atoms with van der Waals surface area (Å²) in [5.74, 6) is 0.642. The van der Waals surface area contributed by atoms with Gasteiger partial charge >= 0.3 is 0 Å². The molecule has 3 nitrogen and oxygen atoms in total. The van der Waals surface area contributed by atoms with Gasteiger partial charge in [-0.05, 0) is 24.6 Å². The summed E-state index contributed by atoms with van der Waals surface area (Å²) in [6.07, 6.45) is 0. The lowest BCUT2D eigenvalue weighted by molar-refractivity contribution is -0.115. The molecule has 0 aliphatic carbocycles. The number of hydrogen-bond donors (Lipinski definition) is 0. The van der Waals surface area contributed by atoms with Crippen molar-refractivity contribution in [2.75, 3.05) is 10.7 Å². The third-order valence-corrected chi connectivity index (χ3v) is 5.97. The molecule has 1 aromatic heterocycles. The maximum atomic E-state index is 12.4. The predicted molar refractivity (Wildman–Crippen MR) is 93.5 cm³/mol. The zero-order valence-electron chi connectivity index (χ0n) is 12.0. The SMILES string of the molecule is Cc1ccc([C@H]2SCC(=O)N2c2nc3ccccc3s2)cc1. The first-order valence-electron chi connectivity index (χ1n) is 7.08. The molecular formula is C17H14N2OS2. The van der Waals surface area contributed by atoms with Crippen LogP contribution in [0.3, 0.4) is 0 Å². The average molecular weight is 326 g/mol. The molecule has 1 amide bonds. The van der Waals surface area contributed by atoms with E-state index in [9.17, 15) is 4.79 Å². The topological polar surface area (TPSA) is 33.2 Å². The van der Waals surface area contributed by atoms with Gasteiger partial charge in [0.15, 0.2) is 5.13 Å². The van der Waals surface area contributed by atoms with Crippen molar-refractivity contribution >= 4 is 44.4 Å². The number of carbonyl (C=O) groups is 1. The molecule has 0 unspecified atom stereocenters. The molecule has 22 heavy (non-hydrogen) atoms. The molecule has 4 rings (SSSR count). The fourth-order valence-electron chi connectivity index (χ4n) is 2.57. The number of aromatic nitrogens is 1. The number of amides is 1. The summed E-state index contributed by atoms with van der Waals surface area (Å²) < 4.78 is 1.12. The number of thioether (sulfide) groups is 1. The maximum absolute atomic E-state index is 12.4. The minimum absolute atomic E-state index is 0.0219. The molecule has 0 radical (unpaired) electrons. The molecule has 0 N–H and O–H groups in total. The van der Waals surface area contributed by atoms with Gasteiger partial charge in [-0.1, -0.05) is 53.3 Å². The smallest absolute Gasteiger partial charge is 0.240 e. The molecule has 2 aromatic carbocycles. The number of benzene rings is 2. The monoisotopic (exact) mass is 326 g/mol. The molecule has 2 heterocycles. The number of rotatable bonds is 2. The van der Waals surface area contributed by atoms with Crippen molar-refractivity contribution in [1.82, 2.24) is 4.98 Å². The maximum Gasteiger partial charge on any atom is 0.240 e. The van der Waals surface area contributed by atoms with E-state index >= 15 is 0 Å². The van der Waals surface area contributed by atoms with Gasteiger partial charge in [-0.2, -0.15) is 0 Å². The van der Waals surface area contributed by atoms with E-state index in [1.54, 1.807) is 23.1 Å². The Labute approximate surface area is 137 Å². The Bertz CT molecular complexity index is 808. The Balaban J connectivity index is 1.76. The molecular weight excluding hydrogens is 312 g/mol. The number of para-hydroxylation sites is 1. The van der Waals surface area contributed by atoms with Gasteiger partial charge in [0.1, 0.15) is 5.37 Å². The number of aryl methyl sites for hydroxylation is 1. The highest BCUT2D eigenvalue weighted by molar-refractivity contribution is 8.00. The molecule has 0 spiro atoms. The van der Waals surface area contributed by atoms with Crippen molar-refractivity contribution in [3.05, 3.63) is 59.7 Å². The summed E-state index contributed by atoms with van der Waals surface area (Å²) in [7, 11) is 0. The van der Waals surface area contributed by atoms with E-state index in [-0.39, 0.29) is 11.3 Å². The quantitative estimate of drug-likeness (QED) is 0.700. The number of fused-ring (bicyclic) bond motifs is 1. The average Bonchev–Trinajstić information content (AvgIpc) is 3.11. The molecule has 1 aliphatic rings. The van der Waals surface area contributed by atoms with E-state index in [0.29, 0.717) is 5.75 Å². The first-order chi connectivity index (χ1) is 10.7. The van der Waals surface area contributed by atoms with E-state index in [4.69, 9.17) is 0 Å². The first kappa shape index (κ1) is 13.8. The highest BCUT2D eigenvalue weighted by Gasteiger charge is 2.35. The van der Waals surface area contributed by atoms with Crippen LogP contribution in [0, 0.1) is 6.92 Å². The Morgan fingerprint density at radius 1 is 1.14 bits per heavy atom. The van der Waals surface area contributed by atoms with Gasteiger partial charge in [0.2, 0.25) is 5.91 Å². The third kappa shape index (κ3) is 2.30. The number of anilines is 1. The lowest BCUT2D eigenvalue weighted by Gasteiger charge is -2.21. The molecule has 1 aliphatic heterocycles. The second kappa shape index (κ2) is 5.41. The molecule has 1 fully saturated rings. The lowest BCUT2D eigenvalue weighted by Crippen LogP contribution is -2.27. The van der Waals surface area contributed by atoms with Gasteiger partial charge < -0.3 is 0 Å². The van der Waals surface area contributed by atoms with Crippen LogP contribution in [0.25, 0.3) is 10.2 Å². The van der Waals surface area contributed by atoms with E-state index < -0.39 is 0 Å². The summed E-state index contributed by atoms with van der Waals surface area (Å²) in [4.78, 5) is 18.9. The normalized spacial score (nSPS) is 18.3. The molecule has 1 saturated heterocycles. The van der Waals surface area contributed by atoms with E-state index in [2.05, 4.69) is 36.2 Å². The highest BCUT2D eigenvalue weighted by atomic mass is 32.2. The molecule has 0 saturated carbocycles. The van der Waals surface area contributed by atoms with Crippen LogP contribution in [0.2, 0.25) is 0 Å². The summed E-state index contributed by atoms with van der Waals surface area (Å²) in [6, 6.07) is 16.4. The Morgan fingerprint density at radius 2 is 1.91 bits per heavy atom. The van der Waals surface area contributed by atoms with Crippen LogP contribution in [0.5, 0.6) is 0 Å². The van der Waals surface area contributed by atoms with E-state index in [1.807, 2.05) is 29.2 Å². The summed E-state index contributed by atoms with van der Waals surface area (Å²) in [5.41, 5.74) is 3.33. The van der Waals surface area contributed by atoms with Crippen LogP contribution in [0.4, 0.5) is 5.13 Å². The second-order valence-corrected chi connectivity index (χ2v) is 7.38. The van der Waals surface area contributed by atoms with Crippen LogP contribution < -0.4 is 4.90 Å². The Kier molecular flexibility index (Phi) is 3.39. The fourth-order valence-corrected chi connectivity index (χ4v) is 4.80. The Morgan fingerprint density at radius 3 is 2.68 bits per heavy atom. The van der Waals surface area contributed by atoms with Gasteiger partial charge in [-0.25, -0.2) is 4.98 Å². The zero-order chi connectivity index (χ0) is 15.1. The van der Waals surface area contributed by atoms with Crippen molar-refractivity contribution in [1.29, 1.82) is 0 Å². The summed E-state index contributed by atoms with van der Waals surface area (Å²) in [6.45, 7) is 2.07. The van der Waals surface area contributed by atoms with Crippen LogP contribution >= 0.6 is 23.1 Å². The minimum Gasteiger partial charge on any atom is -0.273 e. The van der Waals surface area contributed by atoms with Crippen LogP contribution in [0.15, 0.2) is 48.5 Å². The second-order valence-electron chi connectivity index (χ2n) is 5.30.